The van der Waals surface area contributed by atoms with Gasteiger partial charge in [-0.25, -0.2) is 0 Å². The first-order valence-electron chi connectivity index (χ1n) is 7.40. The molecule has 1 fully saturated rings. The van der Waals surface area contributed by atoms with E-state index in [1.54, 1.807) is 7.11 Å². The van der Waals surface area contributed by atoms with Gasteiger partial charge in [0.25, 0.3) is 0 Å². The SMILES string of the molecule is CCNC1COCC1C(=O)NCc1cccc(COC)c1. The summed E-state index contributed by atoms with van der Waals surface area (Å²) in [5, 5.41) is 6.30. The van der Waals surface area contributed by atoms with Crippen molar-refractivity contribution in [2.24, 2.45) is 5.92 Å². The number of likely N-dealkylation sites (N-methyl/N-ethyl adjacent to an activating group) is 1. The number of carbonyl (C=O) groups excluding carboxylic acids is 1. The van der Waals surface area contributed by atoms with Crippen LogP contribution in [0.3, 0.4) is 0 Å². The number of amides is 1. The van der Waals surface area contributed by atoms with Crippen LogP contribution in [0.4, 0.5) is 0 Å². The molecule has 2 rings (SSSR count). The molecule has 1 saturated heterocycles. The van der Waals surface area contributed by atoms with E-state index in [9.17, 15) is 4.79 Å². The number of nitrogens with one attached hydrogen (secondary N) is 2. The van der Waals surface area contributed by atoms with Crippen LogP contribution in [-0.2, 0) is 27.4 Å². The highest BCUT2D eigenvalue weighted by Crippen LogP contribution is 2.14. The van der Waals surface area contributed by atoms with Gasteiger partial charge < -0.3 is 20.1 Å². The number of rotatable bonds is 7. The standard InChI is InChI=1S/C16H24N2O3/c1-3-17-15-11-21-10-14(15)16(19)18-8-12-5-4-6-13(7-12)9-20-2/h4-7,14-15,17H,3,8-11H2,1-2H3,(H,18,19). The summed E-state index contributed by atoms with van der Waals surface area (Å²) >= 11 is 0. The van der Waals surface area contributed by atoms with Crippen molar-refractivity contribution >= 4 is 5.91 Å². The highest BCUT2D eigenvalue weighted by Gasteiger charge is 2.33. The zero-order chi connectivity index (χ0) is 15.1. The highest BCUT2D eigenvalue weighted by atomic mass is 16.5. The van der Waals surface area contributed by atoms with E-state index in [0.29, 0.717) is 26.4 Å². The van der Waals surface area contributed by atoms with Gasteiger partial charge in [0.2, 0.25) is 5.91 Å². The molecule has 0 spiro atoms. The third-order valence-electron chi connectivity index (χ3n) is 3.65. The van der Waals surface area contributed by atoms with Crippen LogP contribution in [0.15, 0.2) is 24.3 Å². The van der Waals surface area contributed by atoms with E-state index in [1.807, 2.05) is 25.1 Å². The van der Waals surface area contributed by atoms with Crippen LogP contribution in [0.25, 0.3) is 0 Å². The molecule has 0 bridgehead atoms. The van der Waals surface area contributed by atoms with Crippen molar-refractivity contribution in [3.8, 4) is 0 Å². The Morgan fingerprint density at radius 1 is 1.38 bits per heavy atom. The fraction of sp³-hybridized carbons (Fsp3) is 0.562. The number of ether oxygens (including phenoxy) is 2. The topological polar surface area (TPSA) is 59.6 Å². The van der Waals surface area contributed by atoms with Gasteiger partial charge in [0.15, 0.2) is 0 Å². The first kappa shape index (κ1) is 15.9. The van der Waals surface area contributed by atoms with Gasteiger partial charge in [-0.3, -0.25) is 4.79 Å². The van der Waals surface area contributed by atoms with E-state index in [1.165, 1.54) is 0 Å². The molecule has 1 aromatic carbocycles. The summed E-state index contributed by atoms with van der Waals surface area (Å²) in [6.45, 7) is 5.10. The number of carbonyl (C=O) groups is 1. The molecule has 5 nitrogen and oxygen atoms in total. The number of hydrogen-bond acceptors (Lipinski definition) is 4. The highest BCUT2D eigenvalue weighted by molar-refractivity contribution is 5.79. The van der Waals surface area contributed by atoms with Crippen molar-refractivity contribution in [2.75, 3.05) is 26.9 Å². The van der Waals surface area contributed by atoms with Crippen molar-refractivity contribution in [1.82, 2.24) is 10.6 Å². The van der Waals surface area contributed by atoms with Gasteiger partial charge in [0.05, 0.1) is 25.7 Å². The van der Waals surface area contributed by atoms with Crippen LogP contribution >= 0.6 is 0 Å². The van der Waals surface area contributed by atoms with Crippen molar-refractivity contribution in [1.29, 1.82) is 0 Å². The Morgan fingerprint density at radius 2 is 2.19 bits per heavy atom. The molecule has 0 saturated carbocycles. The first-order chi connectivity index (χ1) is 10.2. The van der Waals surface area contributed by atoms with E-state index in [-0.39, 0.29) is 17.9 Å². The van der Waals surface area contributed by atoms with Gasteiger partial charge in [-0.05, 0) is 17.7 Å². The minimum absolute atomic E-state index is 0.0515. The summed E-state index contributed by atoms with van der Waals surface area (Å²) in [7, 11) is 1.68. The van der Waals surface area contributed by atoms with E-state index in [0.717, 1.165) is 17.7 Å². The van der Waals surface area contributed by atoms with E-state index in [4.69, 9.17) is 9.47 Å². The van der Waals surface area contributed by atoms with Gasteiger partial charge in [-0.15, -0.1) is 0 Å². The molecule has 1 heterocycles. The molecule has 0 aromatic heterocycles. The van der Waals surface area contributed by atoms with Crippen LogP contribution in [-0.4, -0.2) is 38.8 Å². The molecule has 1 amide bonds. The summed E-state index contributed by atoms with van der Waals surface area (Å²) in [6.07, 6.45) is 0. The van der Waals surface area contributed by atoms with Crippen LogP contribution in [0, 0.1) is 5.92 Å². The van der Waals surface area contributed by atoms with E-state index < -0.39 is 0 Å². The van der Waals surface area contributed by atoms with Crippen LogP contribution in [0.2, 0.25) is 0 Å². The lowest BCUT2D eigenvalue weighted by atomic mass is 10.0. The summed E-state index contributed by atoms with van der Waals surface area (Å²) in [6, 6.07) is 8.18. The summed E-state index contributed by atoms with van der Waals surface area (Å²) in [4.78, 5) is 12.3. The second-order valence-corrected chi connectivity index (χ2v) is 5.28. The molecule has 1 aromatic rings. The Labute approximate surface area is 126 Å². The molecule has 1 aliphatic rings. The number of benzene rings is 1. The number of hydrogen-bond donors (Lipinski definition) is 2. The Kier molecular flexibility index (Phi) is 6.17. The Hall–Kier alpha value is -1.43. The Bertz CT molecular complexity index is 465. The summed E-state index contributed by atoms with van der Waals surface area (Å²) in [5.41, 5.74) is 2.19. The molecule has 2 unspecified atom stereocenters. The molecule has 0 aliphatic carbocycles. The third kappa shape index (κ3) is 4.52. The van der Waals surface area contributed by atoms with Gasteiger partial charge in [0.1, 0.15) is 0 Å². The van der Waals surface area contributed by atoms with Gasteiger partial charge in [-0.2, -0.15) is 0 Å². The number of methoxy groups -OCH3 is 1. The second-order valence-electron chi connectivity index (χ2n) is 5.28. The Balaban J connectivity index is 1.87. The second kappa shape index (κ2) is 8.12. The van der Waals surface area contributed by atoms with Gasteiger partial charge >= 0.3 is 0 Å². The Morgan fingerprint density at radius 3 is 2.95 bits per heavy atom. The minimum Gasteiger partial charge on any atom is -0.380 e. The summed E-state index contributed by atoms with van der Waals surface area (Å²) in [5.74, 6) is -0.0531. The lowest BCUT2D eigenvalue weighted by Crippen LogP contribution is -2.43. The predicted octanol–water partition coefficient (Wildman–Crippen LogP) is 1.07. The molecule has 1 aliphatic heterocycles. The average Bonchev–Trinajstić information content (AvgIpc) is 2.94. The van der Waals surface area contributed by atoms with Crippen molar-refractivity contribution < 1.29 is 14.3 Å². The molecule has 21 heavy (non-hydrogen) atoms. The average molecular weight is 292 g/mol. The molecular formula is C16H24N2O3. The van der Waals surface area contributed by atoms with Crippen LogP contribution in [0.5, 0.6) is 0 Å². The molecule has 5 heteroatoms. The molecule has 2 atom stereocenters. The predicted molar refractivity (Wildman–Crippen MR) is 80.8 cm³/mol. The monoisotopic (exact) mass is 292 g/mol. The lowest BCUT2D eigenvalue weighted by Gasteiger charge is -2.18. The lowest BCUT2D eigenvalue weighted by molar-refractivity contribution is -0.125. The van der Waals surface area contributed by atoms with Gasteiger partial charge in [-0.1, -0.05) is 31.2 Å². The van der Waals surface area contributed by atoms with Gasteiger partial charge in [0, 0.05) is 19.7 Å². The normalized spacial score (nSPS) is 21.4. The third-order valence-corrected chi connectivity index (χ3v) is 3.65. The largest absolute Gasteiger partial charge is 0.380 e. The van der Waals surface area contributed by atoms with Crippen molar-refractivity contribution in [3.05, 3.63) is 35.4 Å². The zero-order valence-electron chi connectivity index (χ0n) is 12.7. The van der Waals surface area contributed by atoms with Crippen LogP contribution in [0.1, 0.15) is 18.1 Å². The first-order valence-corrected chi connectivity index (χ1v) is 7.40. The maximum atomic E-state index is 12.3. The van der Waals surface area contributed by atoms with Crippen LogP contribution < -0.4 is 10.6 Å². The van der Waals surface area contributed by atoms with Crippen molar-refractivity contribution in [2.45, 2.75) is 26.1 Å². The molecule has 0 radical (unpaired) electrons. The zero-order valence-corrected chi connectivity index (χ0v) is 12.7. The fourth-order valence-corrected chi connectivity index (χ4v) is 2.59. The summed E-state index contributed by atoms with van der Waals surface area (Å²) < 4.78 is 10.5. The minimum atomic E-state index is -0.105. The molecule has 116 valence electrons. The molecule has 2 N–H and O–H groups in total. The fourth-order valence-electron chi connectivity index (χ4n) is 2.59. The van der Waals surface area contributed by atoms with Crippen molar-refractivity contribution in [3.63, 3.8) is 0 Å². The maximum absolute atomic E-state index is 12.3. The maximum Gasteiger partial charge on any atom is 0.227 e. The smallest absolute Gasteiger partial charge is 0.227 e. The van der Waals surface area contributed by atoms with E-state index in [2.05, 4.69) is 16.7 Å². The van der Waals surface area contributed by atoms with E-state index >= 15 is 0 Å². The quantitative estimate of drug-likeness (QED) is 0.789. The molecular weight excluding hydrogens is 268 g/mol.